The van der Waals surface area contributed by atoms with E-state index in [0.29, 0.717) is 23.7 Å². The smallest absolute Gasteiger partial charge is 0.337 e. The number of nitrogens with one attached hydrogen (secondary N) is 2. The van der Waals surface area contributed by atoms with Crippen molar-refractivity contribution < 1.29 is 14.6 Å². The van der Waals surface area contributed by atoms with Crippen LogP contribution < -0.4 is 14.2 Å². The van der Waals surface area contributed by atoms with Crippen molar-refractivity contribution in [3.63, 3.8) is 0 Å². The molecule has 0 aliphatic carbocycles. The molecule has 0 saturated carbocycles. The van der Waals surface area contributed by atoms with Gasteiger partial charge in [-0.2, -0.15) is 0 Å². The molecule has 0 saturated heterocycles. The number of ether oxygens (including phenoxy) is 1. The molecule has 4 rings (SSSR count). The molecule has 0 heterocycles. The van der Waals surface area contributed by atoms with Crippen LogP contribution in [0.15, 0.2) is 101 Å². The van der Waals surface area contributed by atoms with Crippen LogP contribution >= 0.6 is 23.9 Å². The summed E-state index contributed by atoms with van der Waals surface area (Å²) in [6, 6.07) is 29.2. The molecule has 0 aliphatic heterocycles. The average Bonchev–Trinajstić information content (AvgIpc) is 2.86. The summed E-state index contributed by atoms with van der Waals surface area (Å²) in [6.07, 6.45) is 0. The van der Waals surface area contributed by atoms with Gasteiger partial charge < -0.3 is 14.6 Å². The predicted molar refractivity (Wildman–Crippen MR) is 144 cm³/mol. The Morgan fingerprint density at radius 2 is 1.34 bits per heavy atom. The molecule has 0 spiro atoms. The molecule has 0 aromatic heterocycles. The van der Waals surface area contributed by atoms with Gasteiger partial charge in [0.05, 0.1) is 11.3 Å². The fourth-order valence-corrected chi connectivity index (χ4v) is 4.55. The maximum Gasteiger partial charge on any atom is 0.337 e. The molecule has 4 aromatic rings. The lowest BCUT2D eigenvalue weighted by molar-refractivity contribution is 0.0697. The number of carboxylic acid groups (broad SMARTS) is 1. The van der Waals surface area contributed by atoms with Crippen LogP contribution in [0.25, 0.3) is 0 Å². The second-order valence-electron chi connectivity index (χ2n) is 8.01. The maximum atomic E-state index is 11.8. The predicted octanol–water partition coefficient (Wildman–Crippen LogP) is 7.71. The molecule has 0 fully saturated rings. The van der Waals surface area contributed by atoms with Gasteiger partial charge in [0, 0.05) is 16.3 Å². The summed E-state index contributed by atoms with van der Waals surface area (Å²) in [5.41, 5.74) is 4.20. The normalized spacial score (nSPS) is 10.7. The highest BCUT2D eigenvalue weighted by atomic mass is 32.2. The third-order valence-corrected chi connectivity index (χ3v) is 6.79. The molecule has 0 unspecified atom stereocenters. The van der Waals surface area contributed by atoms with Gasteiger partial charge in [-0.1, -0.05) is 47.5 Å². The summed E-state index contributed by atoms with van der Waals surface area (Å²) >= 11 is 2.96. The number of aromatic carboxylic acids is 1. The third-order valence-electron chi connectivity index (χ3n) is 5.17. The van der Waals surface area contributed by atoms with Gasteiger partial charge in [0.1, 0.15) is 11.5 Å². The minimum atomic E-state index is -1.02. The maximum absolute atomic E-state index is 11.8. The van der Waals surface area contributed by atoms with Gasteiger partial charge in [-0.05, 0) is 97.9 Å². The monoisotopic (exact) mass is 502 g/mol. The van der Waals surface area contributed by atoms with Gasteiger partial charge in [-0.25, -0.2) is 4.79 Å². The molecule has 178 valence electrons. The second-order valence-corrected chi connectivity index (χ2v) is 9.86. The first kappa shape index (κ1) is 24.7. The molecule has 0 aliphatic rings. The number of anilines is 1. The van der Waals surface area contributed by atoms with Gasteiger partial charge in [-0.15, -0.1) is 0 Å². The Labute approximate surface area is 214 Å². The first-order valence-corrected chi connectivity index (χ1v) is 12.7. The molecule has 4 aromatic carbocycles. The summed E-state index contributed by atoms with van der Waals surface area (Å²) in [5.74, 6) is 0.0926. The van der Waals surface area contributed by atoms with E-state index in [2.05, 4.69) is 40.6 Å². The van der Waals surface area contributed by atoms with E-state index >= 15 is 0 Å². The van der Waals surface area contributed by atoms with Crippen LogP contribution in [0.4, 0.5) is 5.69 Å². The van der Waals surface area contributed by atoms with E-state index in [1.807, 2.05) is 55.5 Å². The van der Waals surface area contributed by atoms with Crippen molar-refractivity contribution in [2.24, 2.45) is 0 Å². The Morgan fingerprint density at radius 3 is 1.94 bits per heavy atom. The molecule has 5 nitrogen and oxygen atoms in total. The van der Waals surface area contributed by atoms with Crippen LogP contribution in [0, 0.1) is 13.8 Å². The van der Waals surface area contributed by atoms with Gasteiger partial charge >= 0.3 is 5.97 Å². The van der Waals surface area contributed by atoms with E-state index in [4.69, 9.17) is 4.74 Å². The number of carboxylic acids is 1. The highest BCUT2D eigenvalue weighted by molar-refractivity contribution is 8.00. The largest absolute Gasteiger partial charge is 0.478 e. The Kier molecular flexibility index (Phi) is 8.36. The molecule has 0 bridgehead atoms. The van der Waals surface area contributed by atoms with E-state index in [9.17, 15) is 9.90 Å². The molecule has 0 radical (unpaired) electrons. The SMILES string of the molecule is Cc1ccc(SNCc2ccc(Oc3ccc(NSc4ccc(C)cc4)c(C(=O)O)c3)cc2)cc1. The van der Waals surface area contributed by atoms with Crippen LogP contribution in [0.2, 0.25) is 0 Å². The number of rotatable bonds is 10. The van der Waals surface area contributed by atoms with Crippen LogP contribution in [0.5, 0.6) is 11.5 Å². The molecule has 3 N–H and O–H groups in total. The molecular formula is C28H26N2O3S2. The topological polar surface area (TPSA) is 70.6 Å². The quantitative estimate of drug-likeness (QED) is 0.192. The van der Waals surface area contributed by atoms with Gasteiger partial charge in [-0.3, -0.25) is 4.72 Å². The van der Waals surface area contributed by atoms with Crippen molar-refractivity contribution in [1.82, 2.24) is 4.72 Å². The van der Waals surface area contributed by atoms with E-state index in [1.54, 1.807) is 24.1 Å². The first-order chi connectivity index (χ1) is 17.0. The number of aryl methyl sites for hydroxylation is 2. The Morgan fingerprint density at radius 1 is 0.771 bits per heavy atom. The Balaban J connectivity index is 1.34. The standard InChI is InChI=1S/C28H26N2O3S2/c1-19-3-12-24(13-4-19)34-29-18-21-7-9-22(10-8-21)33-23-11-16-27(26(17-23)28(31)32)30-35-25-14-5-20(2)6-15-25/h3-17,29-30H,18H2,1-2H3,(H,31,32). The molecule has 0 amide bonds. The molecule has 0 atom stereocenters. The molecular weight excluding hydrogens is 476 g/mol. The van der Waals surface area contributed by atoms with Crippen LogP contribution in [0.1, 0.15) is 27.0 Å². The number of carbonyl (C=O) groups is 1. The van der Waals surface area contributed by atoms with Crippen LogP contribution in [-0.4, -0.2) is 11.1 Å². The zero-order chi connectivity index (χ0) is 24.6. The summed E-state index contributed by atoms with van der Waals surface area (Å²) in [4.78, 5) is 14.0. The summed E-state index contributed by atoms with van der Waals surface area (Å²) in [6.45, 7) is 4.81. The van der Waals surface area contributed by atoms with Crippen molar-refractivity contribution in [2.45, 2.75) is 30.2 Å². The van der Waals surface area contributed by atoms with E-state index in [1.165, 1.54) is 34.0 Å². The van der Waals surface area contributed by atoms with Gasteiger partial charge in [0.25, 0.3) is 0 Å². The minimum absolute atomic E-state index is 0.149. The van der Waals surface area contributed by atoms with E-state index in [-0.39, 0.29) is 5.56 Å². The lowest BCUT2D eigenvalue weighted by Gasteiger charge is -2.12. The lowest BCUT2D eigenvalue weighted by atomic mass is 10.1. The summed E-state index contributed by atoms with van der Waals surface area (Å²) in [7, 11) is 0. The van der Waals surface area contributed by atoms with Crippen LogP contribution in [-0.2, 0) is 6.54 Å². The Bertz CT molecular complexity index is 1280. The van der Waals surface area contributed by atoms with E-state index in [0.717, 1.165) is 10.5 Å². The molecule has 35 heavy (non-hydrogen) atoms. The lowest BCUT2D eigenvalue weighted by Crippen LogP contribution is -2.03. The number of hydrogen-bond donors (Lipinski definition) is 3. The van der Waals surface area contributed by atoms with Crippen molar-refractivity contribution in [2.75, 3.05) is 4.72 Å². The minimum Gasteiger partial charge on any atom is -0.478 e. The number of benzene rings is 4. The fraction of sp³-hybridized carbons (Fsp3) is 0.107. The fourth-order valence-electron chi connectivity index (χ4n) is 3.19. The van der Waals surface area contributed by atoms with Crippen molar-refractivity contribution >= 4 is 35.6 Å². The van der Waals surface area contributed by atoms with Gasteiger partial charge in [0.15, 0.2) is 0 Å². The summed E-state index contributed by atoms with van der Waals surface area (Å²) < 4.78 is 12.4. The van der Waals surface area contributed by atoms with Gasteiger partial charge in [0.2, 0.25) is 0 Å². The van der Waals surface area contributed by atoms with Crippen molar-refractivity contribution in [1.29, 1.82) is 0 Å². The highest BCUT2D eigenvalue weighted by Crippen LogP contribution is 2.30. The molecule has 7 heteroatoms. The number of hydrogen-bond acceptors (Lipinski definition) is 6. The highest BCUT2D eigenvalue weighted by Gasteiger charge is 2.13. The first-order valence-electron chi connectivity index (χ1n) is 11.1. The Hall–Kier alpha value is -3.39. The van der Waals surface area contributed by atoms with Crippen molar-refractivity contribution in [3.8, 4) is 11.5 Å². The van der Waals surface area contributed by atoms with E-state index < -0.39 is 5.97 Å². The average molecular weight is 503 g/mol. The second kappa shape index (κ2) is 11.8. The van der Waals surface area contributed by atoms with Crippen molar-refractivity contribution in [3.05, 3.63) is 113 Å². The zero-order valence-electron chi connectivity index (χ0n) is 19.4. The zero-order valence-corrected chi connectivity index (χ0v) is 21.1. The third kappa shape index (κ3) is 7.29. The van der Waals surface area contributed by atoms with Crippen LogP contribution in [0.3, 0.4) is 0 Å². The summed E-state index contributed by atoms with van der Waals surface area (Å²) in [5, 5.41) is 9.69.